The van der Waals surface area contributed by atoms with E-state index in [-0.39, 0.29) is 34.7 Å². The zero-order valence-electron chi connectivity index (χ0n) is 29.5. The van der Waals surface area contributed by atoms with Crippen LogP contribution >= 0.6 is 0 Å². The lowest BCUT2D eigenvalue weighted by Crippen LogP contribution is -2.61. The summed E-state index contributed by atoms with van der Waals surface area (Å²) in [6, 6.07) is 3.92. The van der Waals surface area contributed by atoms with Crippen LogP contribution in [0.25, 0.3) is 0 Å². The van der Waals surface area contributed by atoms with Gasteiger partial charge in [0, 0.05) is 69.9 Å². The number of nitrogens with one attached hydrogen (secondary N) is 1. The van der Waals surface area contributed by atoms with Crippen molar-refractivity contribution in [1.29, 1.82) is 0 Å². The van der Waals surface area contributed by atoms with Crippen LogP contribution in [0.2, 0.25) is 0 Å². The number of anilines is 1. The predicted molar refractivity (Wildman–Crippen MR) is 188 cm³/mol. The molecule has 0 aliphatic carbocycles. The summed E-state index contributed by atoms with van der Waals surface area (Å²) in [6.45, 7) is 16.5. The SMILES string of the molecule is CC(C)N(C(=O)c1cc(F)ccc1Oc1cncnc1N1CC2(CCN(CC3CCN(S(=O)(=O)N4CCCNCC4)CC3)CC2)C1)C(C)C. The second-order valence-corrected chi connectivity index (χ2v) is 16.8. The molecule has 4 saturated heterocycles. The van der Waals surface area contributed by atoms with Crippen molar-refractivity contribution in [2.75, 3.05) is 76.9 Å². The molecule has 14 heteroatoms. The maximum absolute atomic E-state index is 14.4. The van der Waals surface area contributed by atoms with E-state index in [1.165, 1.54) is 24.5 Å². The lowest BCUT2D eigenvalue weighted by Gasteiger charge is -2.54. The van der Waals surface area contributed by atoms with E-state index < -0.39 is 16.0 Å². The average Bonchev–Trinajstić information content (AvgIpc) is 3.36. The Labute approximate surface area is 291 Å². The fourth-order valence-corrected chi connectivity index (χ4v) is 9.72. The van der Waals surface area contributed by atoms with Crippen LogP contribution in [-0.4, -0.2) is 127 Å². The van der Waals surface area contributed by atoms with Crippen molar-refractivity contribution < 1.29 is 22.3 Å². The van der Waals surface area contributed by atoms with E-state index in [1.807, 2.05) is 27.7 Å². The van der Waals surface area contributed by atoms with Gasteiger partial charge in [-0.2, -0.15) is 17.0 Å². The van der Waals surface area contributed by atoms with Crippen molar-refractivity contribution in [3.63, 3.8) is 0 Å². The summed E-state index contributed by atoms with van der Waals surface area (Å²) in [7, 11) is -3.38. The number of aromatic nitrogens is 2. The molecule has 0 atom stereocenters. The maximum Gasteiger partial charge on any atom is 0.282 e. The Morgan fingerprint density at radius 2 is 1.69 bits per heavy atom. The van der Waals surface area contributed by atoms with Gasteiger partial charge in [0.1, 0.15) is 17.9 Å². The van der Waals surface area contributed by atoms with Crippen LogP contribution < -0.4 is 15.0 Å². The lowest BCUT2D eigenvalue weighted by molar-refractivity contribution is 0.0607. The van der Waals surface area contributed by atoms with Gasteiger partial charge in [0.05, 0.1) is 11.8 Å². The molecule has 0 radical (unpaired) electrons. The summed E-state index contributed by atoms with van der Waals surface area (Å²) in [4.78, 5) is 28.8. The van der Waals surface area contributed by atoms with Crippen LogP contribution in [0.5, 0.6) is 11.5 Å². The Morgan fingerprint density at radius 1 is 1.00 bits per heavy atom. The summed E-state index contributed by atoms with van der Waals surface area (Å²) in [5.74, 6) is 1.13. The smallest absolute Gasteiger partial charge is 0.282 e. The normalized spacial score (nSPS) is 21.6. The number of likely N-dealkylation sites (tertiary alicyclic amines) is 1. The highest BCUT2D eigenvalue weighted by Crippen LogP contribution is 2.45. The van der Waals surface area contributed by atoms with E-state index in [2.05, 4.69) is 25.1 Å². The number of halogens is 1. The van der Waals surface area contributed by atoms with Gasteiger partial charge in [0.15, 0.2) is 11.6 Å². The Balaban J connectivity index is 1.02. The Bertz CT molecular complexity index is 1540. The third-order valence-electron chi connectivity index (χ3n) is 10.7. The van der Waals surface area contributed by atoms with Crippen molar-refractivity contribution in [2.24, 2.45) is 11.3 Å². The van der Waals surface area contributed by atoms with Gasteiger partial charge in [0.2, 0.25) is 0 Å². The van der Waals surface area contributed by atoms with Gasteiger partial charge >= 0.3 is 0 Å². The van der Waals surface area contributed by atoms with Gasteiger partial charge in [-0.1, -0.05) is 0 Å². The number of piperidine rings is 2. The highest BCUT2D eigenvalue weighted by molar-refractivity contribution is 7.86. The van der Waals surface area contributed by atoms with Crippen LogP contribution in [0.1, 0.15) is 70.2 Å². The molecule has 2 aromatic rings. The summed E-state index contributed by atoms with van der Waals surface area (Å²) >= 11 is 0. The van der Waals surface area contributed by atoms with E-state index in [0.717, 1.165) is 71.4 Å². The molecule has 49 heavy (non-hydrogen) atoms. The summed E-state index contributed by atoms with van der Waals surface area (Å²) < 4.78 is 50.5. The molecule has 6 rings (SSSR count). The number of hydrogen-bond donors (Lipinski definition) is 1. The molecule has 0 bridgehead atoms. The summed E-state index contributed by atoms with van der Waals surface area (Å²) in [6.07, 6.45) is 7.98. The molecule has 270 valence electrons. The van der Waals surface area contributed by atoms with Gasteiger partial charge in [-0.3, -0.25) is 4.79 Å². The van der Waals surface area contributed by atoms with Gasteiger partial charge in [-0.05, 0) is 104 Å². The van der Waals surface area contributed by atoms with Crippen LogP contribution in [-0.2, 0) is 10.2 Å². The molecular formula is C35H53FN8O4S. The summed E-state index contributed by atoms with van der Waals surface area (Å²) in [5.41, 5.74) is 0.386. The zero-order chi connectivity index (χ0) is 34.8. The van der Waals surface area contributed by atoms with E-state index in [1.54, 1.807) is 19.7 Å². The molecule has 0 saturated carbocycles. The second-order valence-electron chi connectivity index (χ2n) is 14.9. The van der Waals surface area contributed by atoms with Crippen LogP contribution in [0.15, 0.2) is 30.7 Å². The molecule has 4 fully saturated rings. The predicted octanol–water partition coefficient (Wildman–Crippen LogP) is 3.82. The summed E-state index contributed by atoms with van der Waals surface area (Å²) in [5, 5.41) is 3.29. The number of carbonyl (C=O) groups is 1. The number of amides is 1. The number of carbonyl (C=O) groups excluding carboxylic acids is 1. The first-order valence-electron chi connectivity index (χ1n) is 18.0. The molecule has 12 nitrogen and oxygen atoms in total. The molecule has 1 aromatic heterocycles. The molecule has 1 amide bonds. The standard InChI is InChI=1S/C35H53FN8O4S/c1-26(2)44(27(3)4)34(45)30-20-29(36)6-7-31(30)48-32-21-38-25-39-33(32)41-23-35(24-41)10-17-40(18-11-35)22-28-8-15-43(16-9-28)49(46,47)42-14-5-12-37-13-19-42/h6-7,20-21,25-28,37H,5,8-19,22-24H2,1-4H3. The molecular weight excluding hydrogens is 648 g/mol. The first kappa shape index (κ1) is 35.9. The number of hydrogen-bond acceptors (Lipinski definition) is 9. The molecule has 4 aliphatic heterocycles. The van der Waals surface area contributed by atoms with Crippen molar-refractivity contribution in [2.45, 2.75) is 71.9 Å². The Kier molecular flexibility index (Phi) is 11.1. The van der Waals surface area contributed by atoms with Gasteiger partial charge in [0.25, 0.3) is 16.1 Å². The molecule has 1 N–H and O–H groups in total. The Morgan fingerprint density at radius 3 is 2.39 bits per heavy atom. The Hall–Kier alpha value is -2.91. The van der Waals surface area contributed by atoms with Crippen molar-refractivity contribution >= 4 is 21.9 Å². The first-order chi connectivity index (χ1) is 23.5. The minimum Gasteiger partial charge on any atom is -0.451 e. The largest absolute Gasteiger partial charge is 0.451 e. The van der Waals surface area contributed by atoms with E-state index in [4.69, 9.17) is 4.74 Å². The molecule has 1 spiro atoms. The first-order valence-corrected chi connectivity index (χ1v) is 19.4. The maximum atomic E-state index is 14.4. The second kappa shape index (κ2) is 15.1. The van der Waals surface area contributed by atoms with Crippen LogP contribution in [0, 0.1) is 17.2 Å². The van der Waals surface area contributed by atoms with Crippen molar-refractivity contribution in [3.05, 3.63) is 42.1 Å². The minimum atomic E-state index is -3.38. The average molecular weight is 701 g/mol. The van der Waals surface area contributed by atoms with Gasteiger partial charge in [-0.15, -0.1) is 0 Å². The quantitative estimate of drug-likeness (QED) is 0.395. The molecule has 5 heterocycles. The van der Waals surface area contributed by atoms with Gasteiger partial charge < -0.3 is 24.8 Å². The van der Waals surface area contributed by atoms with Crippen LogP contribution in [0.4, 0.5) is 10.2 Å². The van der Waals surface area contributed by atoms with Gasteiger partial charge in [-0.25, -0.2) is 14.4 Å². The highest BCUT2D eigenvalue weighted by Gasteiger charge is 2.46. The lowest BCUT2D eigenvalue weighted by atomic mass is 9.72. The minimum absolute atomic E-state index is 0.0630. The van der Waals surface area contributed by atoms with Crippen molar-refractivity contribution in [1.82, 2.24) is 33.7 Å². The number of nitrogens with zero attached hydrogens (tertiary/aromatic N) is 7. The van der Waals surface area contributed by atoms with Crippen molar-refractivity contribution in [3.8, 4) is 11.5 Å². The third kappa shape index (κ3) is 8.03. The number of ether oxygens (including phenoxy) is 1. The van der Waals surface area contributed by atoms with Crippen LogP contribution in [0.3, 0.4) is 0 Å². The fourth-order valence-electron chi connectivity index (χ4n) is 8.04. The molecule has 4 aliphatic rings. The molecule has 1 aromatic carbocycles. The number of benzene rings is 1. The zero-order valence-corrected chi connectivity index (χ0v) is 30.3. The monoisotopic (exact) mass is 700 g/mol. The highest BCUT2D eigenvalue weighted by atomic mass is 32.2. The number of rotatable bonds is 10. The topological polar surface area (TPSA) is 114 Å². The molecule has 0 unspecified atom stereocenters. The third-order valence-corrected chi connectivity index (χ3v) is 12.7. The fraction of sp³-hybridized carbons (Fsp3) is 0.686. The van der Waals surface area contributed by atoms with E-state index in [9.17, 15) is 17.6 Å². The van der Waals surface area contributed by atoms with E-state index >= 15 is 0 Å². The van der Waals surface area contributed by atoms with E-state index in [0.29, 0.717) is 50.2 Å².